The molecule has 3 heteroatoms. The zero-order valence-electron chi connectivity index (χ0n) is 14.4. The Morgan fingerprint density at radius 3 is 2.35 bits per heavy atom. The highest BCUT2D eigenvalue weighted by Crippen LogP contribution is 2.30. The van der Waals surface area contributed by atoms with Gasteiger partial charge in [-0.05, 0) is 38.2 Å². The van der Waals surface area contributed by atoms with Crippen LogP contribution in [-0.2, 0) is 0 Å². The van der Waals surface area contributed by atoms with Crippen molar-refractivity contribution in [1.29, 1.82) is 0 Å². The van der Waals surface area contributed by atoms with Gasteiger partial charge >= 0.3 is 6.03 Å². The second kappa shape index (κ2) is 7.85. The lowest BCUT2D eigenvalue weighted by Crippen LogP contribution is -2.46. The van der Waals surface area contributed by atoms with Crippen molar-refractivity contribution in [2.75, 3.05) is 6.54 Å². The highest BCUT2D eigenvalue weighted by Gasteiger charge is 2.28. The van der Waals surface area contributed by atoms with Crippen molar-refractivity contribution >= 4 is 6.03 Å². The molecular weight excluding hydrogens is 284 g/mol. The van der Waals surface area contributed by atoms with Crippen molar-refractivity contribution < 1.29 is 4.79 Å². The van der Waals surface area contributed by atoms with E-state index in [-0.39, 0.29) is 12.1 Å². The first-order valence-corrected chi connectivity index (χ1v) is 9.38. The molecule has 0 spiro atoms. The van der Waals surface area contributed by atoms with Gasteiger partial charge in [-0.15, -0.1) is 0 Å². The van der Waals surface area contributed by atoms with Crippen molar-refractivity contribution in [2.24, 2.45) is 0 Å². The van der Waals surface area contributed by atoms with E-state index in [4.69, 9.17) is 0 Å². The Labute approximate surface area is 140 Å². The van der Waals surface area contributed by atoms with E-state index >= 15 is 0 Å². The summed E-state index contributed by atoms with van der Waals surface area (Å²) in [6.07, 6.45) is 10.8. The molecule has 2 fully saturated rings. The smallest absolute Gasteiger partial charge is 0.318 e. The van der Waals surface area contributed by atoms with Crippen LogP contribution in [0, 0.1) is 6.92 Å². The van der Waals surface area contributed by atoms with E-state index in [0.717, 1.165) is 32.2 Å². The molecule has 0 radical (unpaired) electrons. The number of carbonyl (C=O) groups is 1. The summed E-state index contributed by atoms with van der Waals surface area (Å²) in [5.74, 6) is 0. The molecule has 23 heavy (non-hydrogen) atoms. The van der Waals surface area contributed by atoms with Crippen molar-refractivity contribution in [3.05, 3.63) is 35.4 Å². The van der Waals surface area contributed by atoms with E-state index in [0.29, 0.717) is 6.04 Å². The van der Waals surface area contributed by atoms with Gasteiger partial charge in [-0.3, -0.25) is 0 Å². The molecule has 3 rings (SSSR count). The van der Waals surface area contributed by atoms with Gasteiger partial charge < -0.3 is 10.2 Å². The van der Waals surface area contributed by atoms with Crippen LogP contribution in [0.2, 0.25) is 0 Å². The summed E-state index contributed by atoms with van der Waals surface area (Å²) in [7, 11) is 0. The van der Waals surface area contributed by atoms with E-state index in [1.54, 1.807) is 0 Å². The fourth-order valence-electron chi connectivity index (χ4n) is 3.99. The van der Waals surface area contributed by atoms with E-state index in [1.165, 1.54) is 43.2 Å². The molecule has 1 N–H and O–H groups in total. The summed E-state index contributed by atoms with van der Waals surface area (Å²) >= 11 is 0. The van der Waals surface area contributed by atoms with Crippen molar-refractivity contribution in [2.45, 2.75) is 76.8 Å². The fourth-order valence-corrected chi connectivity index (χ4v) is 3.99. The molecule has 2 aliphatic rings. The van der Waals surface area contributed by atoms with E-state index in [2.05, 4.69) is 41.4 Å². The zero-order chi connectivity index (χ0) is 16.1. The van der Waals surface area contributed by atoms with Gasteiger partial charge in [0.05, 0.1) is 6.04 Å². The first-order valence-electron chi connectivity index (χ1n) is 9.38. The number of likely N-dealkylation sites (tertiary alicyclic amines) is 1. The summed E-state index contributed by atoms with van der Waals surface area (Å²) in [5.41, 5.74) is 2.57. The number of hydrogen-bond donors (Lipinski definition) is 1. The molecule has 1 aliphatic heterocycles. The van der Waals surface area contributed by atoms with Crippen molar-refractivity contribution in [3.63, 3.8) is 0 Å². The van der Waals surface area contributed by atoms with Crippen LogP contribution >= 0.6 is 0 Å². The largest absolute Gasteiger partial charge is 0.335 e. The molecule has 1 atom stereocenters. The topological polar surface area (TPSA) is 32.3 Å². The van der Waals surface area contributed by atoms with Crippen LogP contribution in [0.15, 0.2) is 24.3 Å². The van der Waals surface area contributed by atoms with Gasteiger partial charge in [-0.25, -0.2) is 4.79 Å². The van der Waals surface area contributed by atoms with Crippen LogP contribution in [0.25, 0.3) is 0 Å². The van der Waals surface area contributed by atoms with Crippen LogP contribution in [0.5, 0.6) is 0 Å². The summed E-state index contributed by atoms with van der Waals surface area (Å²) < 4.78 is 0. The molecule has 1 aromatic rings. The Morgan fingerprint density at radius 2 is 1.61 bits per heavy atom. The molecular formula is C20H30N2O. The second-order valence-corrected chi connectivity index (χ2v) is 7.25. The van der Waals surface area contributed by atoms with Crippen LogP contribution in [0.4, 0.5) is 4.79 Å². The monoisotopic (exact) mass is 314 g/mol. The maximum atomic E-state index is 12.9. The molecule has 1 aliphatic carbocycles. The van der Waals surface area contributed by atoms with Gasteiger partial charge in [-0.1, -0.05) is 61.9 Å². The van der Waals surface area contributed by atoms with Gasteiger partial charge in [0.1, 0.15) is 0 Å². The third-order valence-electron chi connectivity index (χ3n) is 5.41. The summed E-state index contributed by atoms with van der Waals surface area (Å²) in [6, 6.07) is 9.51. The summed E-state index contributed by atoms with van der Waals surface area (Å²) in [4.78, 5) is 15.0. The lowest BCUT2D eigenvalue weighted by atomic mass is 9.95. The average Bonchev–Trinajstić information content (AvgIpc) is 2.82. The fraction of sp³-hybridized carbons (Fsp3) is 0.650. The molecule has 1 heterocycles. The van der Waals surface area contributed by atoms with Gasteiger partial charge in [0.25, 0.3) is 0 Å². The maximum Gasteiger partial charge on any atom is 0.318 e. The number of nitrogens with one attached hydrogen (secondary N) is 1. The SMILES string of the molecule is Cc1ccc([C@H]2CCCCCN2C(=O)NC2CCCCC2)cc1. The molecule has 1 saturated carbocycles. The Kier molecular flexibility index (Phi) is 5.58. The highest BCUT2D eigenvalue weighted by atomic mass is 16.2. The van der Waals surface area contributed by atoms with Crippen LogP contribution in [-0.4, -0.2) is 23.5 Å². The van der Waals surface area contributed by atoms with E-state index in [9.17, 15) is 4.79 Å². The Morgan fingerprint density at radius 1 is 0.957 bits per heavy atom. The summed E-state index contributed by atoms with van der Waals surface area (Å²) in [6.45, 7) is 3.00. The van der Waals surface area contributed by atoms with Gasteiger partial charge in [0.2, 0.25) is 0 Å². The maximum absolute atomic E-state index is 12.9. The first kappa shape index (κ1) is 16.4. The first-order chi connectivity index (χ1) is 11.2. The minimum absolute atomic E-state index is 0.157. The quantitative estimate of drug-likeness (QED) is 0.822. The Balaban J connectivity index is 1.72. The molecule has 2 amide bonds. The third-order valence-corrected chi connectivity index (χ3v) is 5.41. The predicted molar refractivity (Wildman–Crippen MR) is 94.5 cm³/mol. The number of nitrogens with zero attached hydrogens (tertiary/aromatic N) is 1. The molecule has 126 valence electrons. The summed E-state index contributed by atoms with van der Waals surface area (Å²) in [5, 5.41) is 3.31. The van der Waals surface area contributed by atoms with Crippen molar-refractivity contribution in [1.82, 2.24) is 10.2 Å². The second-order valence-electron chi connectivity index (χ2n) is 7.25. The molecule has 1 saturated heterocycles. The number of rotatable bonds is 2. The number of amides is 2. The third kappa shape index (κ3) is 4.27. The lowest BCUT2D eigenvalue weighted by molar-refractivity contribution is 0.169. The van der Waals surface area contributed by atoms with E-state index < -0.39 is 0 Å². The Bertz CT molecular complexity index is 505. The van der Waals surface area contributed by atoms with Crippen LogP contribution < -0.4 is 5.32 Å². The van der Waals surface area contributed by atoms with Gasteiger partial charge in [-0.2, -0.15) is 0 Å². The predicted octanol–water partition coefficient (Wildman–Crippen LogP) is 4.95. The number of benzene rings is 1. The number of urea groups is 1. The number of hydrogen-bond acceptors (Lipinski definition) is 1. The van der Waals surface area contributed by atoms with Crippen LogP contribution in [0.1, 0.15) is 75.0 Å². The van der Waals surface area contributed by atoms with E-state index in [1.807, 2.05) is 0 Å². The average molecular weight is 314 g/mol. The number of carbonyl (C=O) groups excluding carboxylic acids is 1. The minimum atomic E-state index is 0.157. The standard InChI is InChI=1S/C20H30N2O/c1-16-11-13-17(14-12-16)19-10-6-3-7-15-22(19)20(23)21-18-8-4-2-5-9-18/h11-14,18-19H,2-10,15H2,1H3,(H,21,23)/t19-/m1/s1. The van der Waals surface area contributed by atoms with Crippen molar-refractivity contribution in [3.8, 4) is 0 Å². The molecule has 1 aromatic carbocycles. The van der Waals surface area contributed by atoms with Gasteiger partial charge in [0.15, 0.2) is 0 Å². The highest BCUT2D eigenvalue weighted by molar-refractivity contribution is 5.75. The minimum Gasteiger partial charge on any atom is -0.335 e. The van der Waals surface area contributed by atoms with Crippen LogP contribution in [0.3, 0.4) is 0 Å². The Hall–Kier alpha value is -1.51. The molecule has 0 unspecified atom stereocenters. The lowest BCUT2D eigenvalue weighted by Gasteiger charge is -2.33. The molecule has 0 bridgehead atoms. The normalized spacial score (nSPS) is 23.3. The zero-order valence-corrected chi connectivity index (χ0v) is 14.4. The molecule has 3 nitrogen and oxygen atoms in total. The molecule has 0 aromatic heterocycles. The number of aryl methyl sites for hydroxylation is 1. The van der Waals surface area contributed by atoms with Gasteiger partial charge in [0, 0.05) is 12.6 Å².